The van der Waals surface area contributed by atoms with Crippen molar-refractivity contribution in [3.8, 4) is 11.1 Å². The molecule has 28 heavy (non-hydrogen) atoms. The van der Waals surface area contributed by atoms with Crippen molar-refractivity contribution in [1.29, 1.82) is 0 Å². The molecule has 0 fully saturated rings. The maximum absolute atomic E-state index is 12.4. The topological polar surface area (TPSA) is 114 Å². The van der Waals surface area contributed by atoms with E-state index in [2.05, 4.69) is 5.32 Å². The quantitative estimate of drug-likeness (QED) is 0.411. The molecule has 2 atom stereocenters. The lowest BCUT2D eigenvalue weighted by Gasteiger charge is -2.20. The van der Waals surface area contributed by atoms with E-state index in [0.717, 1.165) is 16.7 Å². The molecular weight excluding hydrogens is 358 g/mol. The third kappa shape index (κ3) is 5.88. The van der Waals surface area contributed by atoms with Gasteiger partial charge in [0, 0.05) is 11.6 Å². The highest BCUT2D eigenvalue weighted by Gasteiger charge is 2.24. The Bertz CT molecular complexity index is 786. The van der Waals surface area contributed by atoms with Gasteiger partial charge in [0.15, 0.2) is 0 Å². The van der Waals surface area contributed by atoms with E-state index in [4.69, 9.17) is 15.7 Å². The SMILES string of the molecule is CC(C)OCc1ccc(-c2ccc(C(=O)N[C@H](C(=O)NO)[C@@H](C)N)cc2)cc1. The molecule has 2 aromatic rings. The lowest BCUT2D eigenvalue weighted by molar-refractivity contribution is -0.131. The predicted octanol–water partition coefficient (Wildman–Crippen LogP) is 2.23. The van der Waals surface area contributed by atoms with Crippen LogP contribution in [-0.4, -0.2) is 35.2 Å². The van der Waals surface area contributed by atoms with Crippen LogP contribution >= 0.6 is 0 Å². The van der Waals surface area contributed by atoms with Gasteiger partial charge in [0.1, 0.15) is 6.04 Å². The van der Waals surface area contributed by atoms with Crippen LogP contribution in [0.1, 0.15) is 36.7 Å². The van der Waals surface area contributed by atoms with E-state index in [9.17, 15) is 9.59 Å². The Morgan fingerprint density at radius 3 is 2.00 bits per heavy atom. The van der Waals surface area contributed by atoms with E-state index < -0.39 is 23.9 Å². The summed E-state index contributed by atoms with van der Waals surface area (Å²) in [6.45, 7) is 6.13. The number of rotatable bonds is 8. The summed E-state index contributed by atoms with van der Waals surface area (Å²) in [4.78, 5) is 24.0. The van der Waals surface area contributed by atoms with Crippen LogP contribution in [0.5, 0.6) is 0 Å². The van der Waals surface area contributed by atoms with Gasteiger partial charge in [-0.15, -0.1) is 0 Å². The summed E-state index contributed by atoms with van der Waals surface area (Å²) in [6.07, 6.45) is 0.184. The molecule has 0 heterocycles. The number of ether oxygens (including phenoxy) is 1. The van der Waals surface area contributed by atoms with Crippen molar-refractivity contribution in [2.75, 3.05) is 0 Å². The van der Waals surface area contributed by atoms with Crippen molar-refractivity contribution in [3.05, 3.63) is 59.7 Å². The maximum Gasteiger partial charge on any atom is 0.267 e. The molecule has 5 N–H and O–H groups in total. The summed E-state index contributed by atoms with van der Waals surface area (Å²) in [5.74, 6) is -1.21. The lowest BCUT2D eigenvalue weighted by Crippen LogP contribution is -2.54. The lowest BCUT2D eigenvalue weighted by atomic mass is 10.0. The van der Waals surface area contributed by atoms with E-state index in [1.165, 1.54) is 5.48 Å². The molecule has 0 aromatic heterocycles. The van der Waals surface area contributed by atoms with Crippen molar-refractivity contribution in [3.63, 3.8) is 0 Å². The molecule has 7 heteroatoms. The number of hydrogen-bond acceptors (Lipinski definition) is 5. The van der Waals surface area contributed by atoms with E-state index >= 15 is 0 Å². The zero-order valence-electron chi connectivity index (χ0n) is 16.3. The second-order valence-electron chi connectivity index (χ2n) is 6.92. The number of benzene rings is 2. The average Bonchev–Trinajstić information content (AvgIpc) is 2.70. The third-order valence-electron chi connectivity index (χ3n) is 4.22. The number of nitrogens with two attached hydrogens (primary N) is 1. The Labute approximate surface area is 164 Å². The molecule has 0 radical (unpaired) electrons. The first-order valence-corrected chi connectivity index (χ1v) is 9.13. The number of nitrogens with one attached hydrogen (secondary N) is 2. The monoisotopic (exact) mass is 385 g/mol. The van der Waals surface area contributed by atoms with Crippen molar-refractivity contribution in [2.24, 2.45) is 5.73 Å². The van der Waals surface area contributed by atoms with Crippen LogP contribution in [0.25, 0.3) is 11.1 Å². The van der Waals surface area contributed by atoms with Gasteiger partial charge in [-0.25, -0.2) is 5.48 Å². The van der Waals surface area contributed by atoms with Crippen LogP contribution in [0.4, 0.5) is 0 Å². The number of carbonyl (C=O) groups is 2. The van der Waals surface area contributed by atoms with Crippen LogP contribution in [-0.2, 0) is 16.1 Å². The maximum atomic E-state index is 12.4. The Kier molecular flexibility index (Phi) is 7.69. The minimum absolute atomic E-state index is 0.184. The summed E-state index contributed by atoms with van der Waals surface area (Å²) < 4.78 is 5.59. The number of carbonyl (C=O) groups excluding carboxylic acids is 2. The molecule has 0 saturated heterocycles. The van der Waals surface area contributed by atoms with Gasteiger partial charge in [-0.05, 0) is 49.6 Å². The second-order valence-corrected chi connectivity index (χ2v) is 6.92. The first-order valence-electron chi connectivity index (χ1n) is 9.13. The molecule has 7 nitrogen and oxygen atoms in total. The van der Waals surface area contributed by atoms with Crippen LogP contribution in [0.3, 0.4) is 0 Å². The summed E-state index contributed by atoms with van der Waals surface area (Å²) in [5, 5.41) is 11.3. The van der Waals surface area contributed by atoms with Crippen molar-refractivity contribution < 1.29 is 19.5 Å². The highest BCUT2D eigenvalue weighted by molar-refractivity contribution is 5.98. The molecule has 0 spiro atoms. The number of amides is 2. The molecule has 0 saturated carbocycles. The minimum atomic E-state index is -1.03. The first-order chi connectivity index (χ1) is 13.3. The summed E-state index contributed by atoms with van der Waals surface area (Å²) in [5.41, 5.74) is 10.7. The molecule has 0 aliphatic carbocycles. The smallest absolute Gasteiger partial charge is 0.267 e. The second kappa shape index (κ2) is 9.98. The van der Waals surface area contributed by atoms with Gasteiger partial charge in [0.25, 0.3) is 11.8 Å². The van der Waals surface area contributed by atoms with E-state index in [-0.39, 0.29) is 6.10 Å². The largest absolute Gasteiger partial charge is 0.374 e. The highest BCUT2D eigenvalue weighted by Crippen LogP contribution is 2.21. The fourth-order valence-corrected chi connectivity index (χ4v) is 2.60. The number of hydroxylamine groups is 1. The van der Waals surface area contributed by atoms with Crippen molar-refractivity contribution in [1.82, 2.24) is 10.8 Å². The van der Waals surface area contributed by atoms with Gasteiger partial charge in [-0.3, -0.25) is 14.8 Å². The zero-order valence-corrected chi connectivity index (χ0v) is 16.3. The van der Waals surface area contributed by atoms with Gasteiger partial charge in [0.2, 0.25) is 0 Å². The summed E-state index contributed by atoms with van der Waals surface area (Å²) in [6, 6.07) is 13.4. The average molecular weight is 385 g/mol. The first kappa shape index (κ1) is 21.6. The van der Waals surface area contributed by atoms with E-state index in [0.29, 0.717) is 12.2 Å². The molecule has 150 valence electrons. The highest BCUT2D eigenvalue weighted by atomic mass is 16.5. The van der Waals surface area contributed by atoms with E-state index in [1.807, 2.05) is 50.2 Å². The van der Waals surface area contributed by atoms with Crippen molar-refractivity contribution >= 4 is 11.8 Å². The van der Waals surface area contributed by atoms with Crippen LogP contribution in [0.15, 0.2) is 48.5 Å². The molecule has 2 aromatic carbocycles. The summed E-state index contributed by atoms with van der Waals surface area (Å²) >= 11 is 0. The zero-order chi connectivity index (χ0) is 20.7. The van der Waals surface area contributed by atoms with Gasteiger partial charge < -0.3 is 15.8 Å². The standard InChI is InChI=1S/C21H27N3O4/c1-13(2)28-12-15-4-6-16(7-5-15)17-8-10-18(11-9-17)20(25)23-19(14(3)22)21(26)24-27/h4-11,13-14,19,27H,12,22H2,1-3H3,(H,23,25)(H,24,26)/t14-,19+/m1/s1. The Balaban J connectivity index is 2.06. The molecule has 0 unspecified atom stereocenters. The fraction of sp³-hybridized carbons (Fsp3) is 0.333. The van der Waals surface area contributed by atoms with Crippen molar-refractivity contribution in [2.45, 2.75) is 45.6 Å². The fourth-order valence-electron chi connectivity index (χ4n) is 2.60. The summed E-state index contributed by atoms with van der Waals surface area (Å²) in [7, 11) is 0. The Morgan fingerprint density at radius 2 is 1.54 bits per heavy atom. The van der Waals surface area contributed by atoms with Crippen LogP contribution in [0, 0.1) is 0 Å². The van der Waals surface area contributed by atoms with Gasteiger partial charge in [-0.1, -0.05) is 36.4 Å². The molecule has 2 rings (SSSR count). The third-order valence-corrected chi connectivity index (χ3v) is 4.22. The number of hydrogen-bond donors (Lipinski definition) is 4. The van der Waals surface area contributed by atoms with Crippen LogP contribution in [0.2, 0.25) is 0 Å². The van der Waals surface area contributed by atoms with Gasteiger partial charge in [0.05, 0.1) is 12.7 Å². The molecule has 2 amide bonds. The van der Waals surface area contributed by atoms with Gasteiger partial charge in [-0.2, -0.15) is 0 Å². The minimum Gasteiger partial charge on any atom is -0.374 e. The Morgan fingerprint density at radius 1 is 1.00 bits per heavy atom. The van der Waals surface area contributed by atoms with Crippen LogP contribution < -0.4 is 16.5 Å². The molecule has 0 aliphatic heterocycles. The van der Waals surface area contributed by atoms with Gasteiger partial charge >= 0.3 is 0 Å². The molecular formula is C21H27N3O4. The molecule has 0 aliphatic rings. The van der Waals surface area contributed by atoms with E-state index in [1.54, 1.807) is 19.1 Å². The normalized spacial score (nSPS) is 13.1. The predicted molar refractivity (Wildman–Crippen MR) is 107 cm³/mol. The Hall–Kier alpha value is -2.74. The molecule has 0 bridgehead atoms.